The minimum atomic E-state index is -3.13. The lowest BCUT2D eigenvalue weighted by Crippen LogP contribution is -2.44. The molecule has 0 aliphatic heterocycles. The van der Waals surface area contributed by atoms with E-state index >= 15 is 0 Å². The van der Waals surface area contributed by atoms with Crippen LogP contribution in [0.25, 0.3) is 0 Å². The molecule has 0 fully saturated rings. The Morgan fingerprint density at radius 3 is 2.24 bits per heavy atom. The summed E-state index contributed by atoms with van der Waals surface area (Å²) in [4.78, 5) is 13.9. The lowest BCUT2D eigenvalue weighted by molar-refractivity contribution is -0.135. The molecule has 1 amide bonds. The van der Waals surface area contributed by atoms with Crippen LogP contribution in [0.3, 0.4) is 0 Å². The fourth-order valence-electron chi connectivity index (χ4n) is 2.21. The molecule has 0 aromatic heterocycles. The van der Waals surface area contributed by atoms with Crippen molar-refractivity contribution in [3.63, 3.8) is 0 Å². The number of sulfone groups is 1. The number of hydrogen-bond acceptors (Lipinski definition) is 4. The SMILES string of the molecule is C[C@H](C(=O)N(C)[C@H](C)CS(C)(=O)=O)[C@@H](N)c1ccccc1. The van der Waals surface area contributed by atoms with Gasteiger partial charge in [-0.15, -0.1) is 0 Å². The van der Waals surface area contributed by atoms with Gasteiger partial charge in [0.15, 0.2) is 0 Å². The number of benzene rings is 1. The first-order valence-corrected chi connectivity index (χ1v) is 8.94. The van der Waals surface area contributed by atoms with Gasteiger partial charge in [-0.2, -0.15) is 0 Å². The van der Waals surface area contributed by atoms with Crippen molar-refractivity contribution in [1.82, 2.24) is 4.90 Å². The van der Waals surface area contributed by atoms with Crippen molar-refractivity contribution < 1.29 is 13.2 Å². The van der Waals surface area contributed by atoms with E-state index in [0.29, 0.717) is 0 Å². The number of amides is 1. The van der Waals surface area contributed by atoms with Crippen LogP contribution >= 0.6 is 0 Å². The molecule has 0 aliphatic rings. The summed E-state index contributed by atoms with van der Waals surface area (Å²) < 4.78 is 22.7. The van der Waals surface area contributed by atoms with Crippen molar-refractivity contribution in [3.05, 3.63) is 35.9 Å². The molecule has 1 aromatic carbocycles. The van der Waals surface area contributed by atoms with E-state index in [-0.39, 0.29) is 17.7 Å². The van der Waals surface area contributed by atoms with Crippen molar-refractivity contribution in [2.24, 2.45) is 11.7 Å². The minimum Gasteiger partial charge on any atom is -0.342 e. The van der Waals surface area contributed by atoms with E-state index < -0.39 is 21.8 Å². The van der Waals surface area contributed by atoms with Gasteiger partial charge in [-0.3, -0.25) is 4.79 Å². The lowest BCUT2D eigenvalue weighted by atomic mass is 9.94. The molecule has 0 radical (unpaired) electrons. The molecule has 0 spiro atoms. The zero-order valence-corrected chi connectivity index (χ0v) is 13.8. The van der Waals surface area contributed by atoms with Gasteiger partial charge in [0.1, 0.15) is 9.84 Å². The second kappa shape index (κ2) is 7.04. The van der Waals surface area contributed by atoms with Crippen LogP contribution in [-0.2, 0) is 14.6 Å². The van der Waals surface area contributed by atoms with Crippen LogP contribution in [0.2, 0.25) is 0 Å². The van der Waals surface area contributed by atoms with Crippen LogP contribution in [0.5, 0.6) is 0 Å². The highest BCUT2D eigenvalue weighted by Crippen LogP contribution is 2.21. The third-order valence-electron chi connectivity index (χ3n) is 3.67. The second-order valence-corrected chi connectivity index (χ2v) is 7.80. The maximum Gasteiger partial charge on any atom is 0.227 e. The summed E-state index contributed by atoms with van der Waals surface area (Å²) in [5, 5.41) is 0. The highest BCUT2D eigenvalue weighted by atomic mass is 32.2. The highest BCUT2D eigenvalue weighted by molar-refractivity contribution is 7.90. The van der Waals surface area contributed by atoms with Gasteiger partial charge < -0.3 is 10.6 Å². The molecule has 118 valence electrons. The predicted octanol–water partition coefficient (Wildman–Crippen LogP) is 1.21. The topological polar surface area (TPSA) is 80.5 Å². The maximum atomic E-state index is 12.4. The van der Waals surface area contributed by atoms with Crippen LogP contribution in [0, 0.1) is 5.92 Å². The van der Waals surface area contributed by atoms with Gasteiger partial charge in [-0.1, -0.05) is 37.3 Å². The van der Waals surface area contributed by atoms with Gasteiger partial charge in [0.2, 0.25) is 5.91 Å². The summed E-state index contributed by atoms with van der Waals surface area (Å²) in [6, 6.07) is 8.63. The molecule has 0 saturated heterocycles. The van der Waals surface area contributed by atoms with Crippen molar-refractivity contribution in [3.8, 4) is 0 Å². The van der Waals surface area contributed by atoms with Gasteiger partial charge in [0.05, 0.1) is 11.7 Å². The molecule has 1 rings (SSSR count). The van der Waals surface area contributed by atoms with Gasteiger partial charge >= 0.3 is 0 Å². The molecule has 0 unspecified atom stereocenters. The average Bonchev–Trinajstić information content (AvgIpc) is 2.43. The highest BCUT2D eigenvalue weighted by Gasteiger charge is 2.28. The molecular formula is C15H24N2O3S. The normalized spacial score (nSPS) is 16.0. The Balaban J connectivity index is 2.78. The molecule has 21 heavy (non-hydrogen) atoms. The summed E-state index contributed by atoms with van der Waals surface area (Å²) in [7, 11) is -1.51. The number of nitrogens with zero attached hydrogens (tertiary/aromatic N) is 1. The molecule has 1 aromatic rings. The molecule has 0 heterocycles. The molecule has 0 bridgehead atoms. The van der Waals surface area contributed by atoms with Crippen molar-refractivity contribution >= 4 is 15.7 Å². The van der Waals surface area contributed by atoms with E-state index in [0.717, 1.165) is 5.56 Å². The number of hydrogen-bond donors (Lipinski definition) is 1. The molecule has 3 atom stereocenters. The molecule has 2 N–H and O–H groups in total. The molecule has 0 saturated carbocycles. The molecule has 0 aliphatic carbocycles. The van der Waals surface area contributed by atoms with Crippen molar-refractivity contribution in [1.29, 1.82) is 0 Å². The molecular weight excluding hydrogens is 288 g/mol. The summed E-state index contributed by atoms with van der Waals surface area (Å²) in [6.07, 6.45) is 1.17. The summed E-state index contributed by atoms with van der Waals surface area (Å²) in [5.74, 6) is -0.621. The minimum absolute atomic E-state index is 0.0530. The first kappa shape index (κ1) is 17.7. The zero-order chi connectivity index (χ0) is 16.2. The van der Waals surface area contributed by atoms with E-state index in [4.69, 9.17) is 5.73 Å². The molecule has 6 heteroatoms. The number of nitrogens with two attached hydrogens (primary N) is 1. The Labute approximate surface area is 127 Å². The van der Waals surface area contributed by atoms with Crippen molar-refractivity contribution in [2.45, 2.75) is 25.9 Å². The van der Waals surface area contributed by atoms with Gasteiger partial charge in [-0.25, -0.2) is 8.42 Å². The predicted molar refractivity (Wildman–Crippen MR) is 84.5 cm³/mol. The van der Waals surface area contributed by atoms with E-state index in [1.807, 2.05) is 30.3 Å². The third kappa shape index (κ3) is 5.13. The lowest BCUT2D eigenvalue weighted by Gasteiger charge is -2.29. The fourth-order valence-corrected chi connectivity index (χ4v) is 3.31. The number of rotatable bonds is 6. The maximum absolute atomic E-state index is 12.4. The second-order valence-electron chi connectivity index (χ2n) is 5.62. The van der Waals surface area contributed by atoms with Crippen LogP contribution in [0.15, 0.2) is 30.3 Å². The van der Waals surface area contributed by atoms with E-state index in [9.17, 15) is 13.2 Å². The van der Waals surface area contributed by atoms with Crippen LogP contribution < -0.4 is 5.73 Å². The largest absolute Gasteiger partial charge is 0.342 e. The van der Waals surface area contributed by atoms with E-state index in [2.05, 4.69) is 0 Å². The Bertz CT molecular complexity index is 572. The monoisotopic (exact) mass is 312 g/mol. The van der Waals surface area contributed by atoms with Gasteiger partial charge in [0.25, 0.3) is 0 Å². The van der Waals surface area contributed by atoms with Crippen molar-refractivity contribution in [2.75, 3.05) is 19.1 Å². The van der Waals surface area contributed by atoms with E-state index in [1.165, 1.54) is 11.2 Å². The molecule has 5 nitrogen and oxygen atoms in total. The Hall–Kier alpha value is -1.40. The van der Waals surface area contributed by atoms with Gasteiger partial charge in [-0.05, 0) is 12.5 Å². The number of carbonyl (C=O) groups is 1. The van der Waals surface area contributed by atoms with Crippen LogP contribution in [0.4, 0.5) is 0 Å². The summed E-state index contributed by atoms with van der Waals surface area (Å²) in [6.45, 7) is 3.49. The summed E-state index contributed by atoms with van der Waals surface area (Å²) >= 11 is 0. The summed E-state index contributed by atoms with van der Waals surface area (Å²) in [5.41, 5.74) is 7.03. The quantitative estimate of drug-likeness (QED) is 0.856. The Morgan fingerprint density at radius 2 is 1.76 bits per heavy atom. The first-order valence-electron chi connectivity index (χ1n) is 6.88. The third-order valence-corrected chi connectivity index (χ3v) is 4.75. The Morgan fingerprint density at radius 1 is 1.24 bits per heavy atom. The fraction of sp³-hybridized carbons (Fsp3) is 0.533. The number of carbonyl (C=O) groups excluding carboxylic acids is 1. The average molecular weight is 312 g/mol. The first-order chi connectivity index (χ1) is 9.63. The Kier molecular flexibility index (Phi) is 5.92. The van der Waals surface area contributed by atoms with E-state index in [1.54, 1.807) is 20.9 Å². The van der Waals surface area contributed by atoms with Crippen LogP contribution in [0.1, 0.15) is 25.5 Å². The standard InChI is InChI=1S/C15H24N2O3S/c1-11(10-21(4,19)20)17(3)15(18)12(2)14(16)13-8-6-5-7-9-13/h5-9,11-12,14H,10,16H2,1-4H3/t11-,12+,14-/m1/s1. The van der Waals surface area contributed by atoms with Crippen LogP contribution in [-0.4, -0.2) is 44.3 Å². The smallest absolute Gasteiger partial charge is 0.227 e. The zero-order valence-electron chi connectivity index (χ0n) is 13.0. The van der Waals surface area contributed by atoms with Gasteiger partial charge in [0, 0.05) is 25.4 Å².